The first-order chi connectivity index (χ1) is 5.74. The number of furan rings is 1. The summed E-state index contributed by atoms with van der Waals surface area (Å²) >= 11 is 4.17. The number of hydrogen-bond donors (Lipinski definition) is 1. The van der Waals surface area contributed by atoms with E-state index in [4.69, 9.17) is 4.42 Å². The van der Waals surface area contributed by atoms with Crippen molar-refractivity contribution in [3.63, 3.8) is 0 Å². The van der Waals surface area contributed by atoms with Gasteiger partial charge in [-0.3, -0.25) is 0 Å². The van der Waals surface area contributed by atoms with Crippen LogP contribution in [0.1, 0.15) is 11.3 Å². The van der Waals surface area contributed by atoms with Crippen molar-refractivity contribution in [3.05, 3.63) is 23.7 Å². The van der Waals surface area contributed by atoms with E-state index in [1.54, 1.807) is 6.26 Å². The van der Waals surface area contributed by atoms with E-state index < -0.39 is 0 Å². The smallest absolute Gasteiger partial charge is 0.105 e. The van der Waals surface area contributed by atoms with Crippen LogP contribution in [0.5, 0.6) is 0 Å². The lowest BCUT2D eigenvalue weighted by Gasteiger charge is -2.13. The van der Waals surface area contributed by atoms with Crippen LogP contribution in [0.4, 0.5) is 0 Å². The fraction of sp³-hybridized carbons (Fsp3) is 0.556. The SMILES string of the molecule is Cc1occc1CN(C)CCS. The van der Waals surface area contributed by atoms with Crippen molar-refractivity contribution >= 4 is 12.6 Å². The molecule has 0 spiro atoms. The first-order valence-electron chi connectivity index (χ1n) is 4.06. The van der Waals surface area contributed by atoms with Gasteiger partial charge < -0.3 is 9.32 Å². The summed E-state index contributed by atoms with van der Waals surface area (Å²) in [7, 11) is 2.09. The molecule has 2 nitrogen and oxygen atoms in total. The molecule has 0 saturated carbocycles. The molecule has 0 aromatic carbocycles. The normalized spacial score (nSPS) is 11.0. The van der Waals surface area contributed by atoms with Gasteiger partial charge in [0.15, 0.2) is 0 Å². The molecular formula is C9H15NOS. The van der Waals surface area contributed by atoms with Gasteiger partial charge in [-0.2, -0.15) is 12.6 Å². The zero-order valence-corrected chi connectivity index (χ0v) is 8.47. The van der Waals surface area contributed by atoms with Gasteiger partial charge in [-0.25, -0.2) is 0 Å². The summed E-state index contributed by atoms with van der Waals surface area (Å²) in [5.74, 6) is 1.91. The maximum atomic E-state index is 5.20. The number of aryl methyl sites for hydroxylation is 1. The van der Waals surface area contributed by atoms with Crippen LogP contribution >= 0.6 is 12.6 Å². The Labute approximate surface area is 79.0 Å². The van der Waals surface area contributed by atoms with Crippen LogP contribution in [0.25, 0.3) is 0 Å². The Balaban J connectivity index is 2.46. The Kier molecular flexibility index (Phi) is 3.69. The average Bonchev–Trinajstić information content (AvgIpc) is 2.37. The molecule has 1 rings (SSSR count). The van der Waals surface area contributed by atoms with Gasteiger partial charge in [0.25, 0.3) is 0 Å². The third-order valence-corrected chi connectivity index (χ3v) is 2.09. The summed E-state index contributed by atoms with van der Waals surface area (Å²) in [6.45, 7) is 3.94. The maximum Gasteiger partial charge on any atom is 0.105 e. The molecule has 1 aromatic heterocycles. The molecule has 0 aliphatic rings. The van der Waals surface area contributed by atoms with Crippen LogP contribution in [0, 0.1) is 6.92 Å². The van der Waals surface area contributed by atoms with E-state index in [-0.39, 0.29) is 0 Å². The highest BCUT2D eigenvalue weighted by Crippen LogP contribution is 2.10. The first kappa shape index (κ1) is 9.68. The van der Waals surface area contributed by atoms with Gasteiger partial charge in [-0.15, -0.1) is 0 Å². The lowest BCUT2D eigenvalue weighted by molar-refractivity contribution is 0.345. The van der Waals surface area contributed by atoms with E-state index in [2.05, 4.69) is 24.6 Å². The molecule has 0 unspecified atom stereocenters. The summed E-state index contributed by atoms with van der Waals surface area (Å²) in [6.07, 6.45) is 1.74. The Morgan fingerprint density at radius 1 is 1.58 bits per heavy atom. The summed E-state index contributed by atoms with van der Waals surface area (Å²) in [6, 6.07) is 2.02. The topological polar surface area (TPSA) is 16.4 Å². The van der Waals surface area contributed by atoms with Gasteiger partial charge in [0, 0.05) is 24.4 Å². The fourth-order valence-corrected chi connectivity index (χ4v) is 1.46. The molecule has 0 N–H and O–H groups in total. The molecule has 0 saturated heterocycles. The van der Waals surface area contributed by atoms with Crippen molar-refractivity contribution in [2.75, 3.05) is 19.3 Å². The second-order valence-corrected chi connectivity index (χ2v) is 3.41. The molecule has 1 aromatic rings. The molecule has 68 valence electrons. The van der Waals surface area contributed by atoms with Crippen molar-refractivity contribution in [1.82, 2.24) is 4.90 Å². The molecular weight excluding hydrogens is 170 g/mol. The first-order valence-corrected chi connectivity index (χ1v) is 4.69. The second kappa shape index (κ2) is 4.58. The zero-order valence-electron chi connectivity index (χ0n) is 7.58. The third kappa shape index (κ3) is 2.57. The van der Waals surface area contributed by atoms with E-state index in [1.165, 1.54) is 5.56 Å². The van der Waals surface area contributed by atoms with Crippen molar-refractivity contribution in [1.29, 1.82) is 0 Å². The second-order valence-electron chi connectivity index (χ2n) is 2.96. The number of nitrogens with zero attached hydrogens (tertiary/aromatic N) is 1. The molecule has 0 radical (unpaired) electrons. The van der Waals surface area contributed by atoms with Crippen LogP contribution in [0.3, 0.4) is 0 Å². The van der Waals surface area contributed by atoms with E-state index in [1.807, 2.05) is 13.0 Å². The summed E-state index contributed by atoms with van der Waals surface area (Å²) in [4.78, 5) is 2.23. The molecule has 3 heteroatoms. The molecule has 12 heavy (non-hydrogen) atoms. The monoisotopic (exact) mass is 185 g/mol. The maximum absolute atomic E-state index is 5.20. The highest BCUT2D eigenvalue weighted by molar-refractivity contribution is 7.80. The van der Waals surface area contributed by atoms with Gasteiger partial charge in [0.1, 0.15) is 5.76 Å². The zero-order chi connectivity index (χ0) is 8.97. The minimum atomic E-state index is 0.896. The Hall–Kier alpha value is -0.410. The molecule has 0 bridgehead atoms. The predicted octanol–water partition coefficient (Wildman–Crippen LogP) is 1.95. The van der Waals surface area contributed by atoms with E-state index in [0.29, 0.717) is 0 Å². The minimum absolute atomic E-state index is 0.896. The Bertz CT molecular complexity index is 234. The summed E-state index contributed by atoms with van der Waals surface area (Å²) in [5.41, 5.74) is 1.26. The van der Waals surface area contributed by atoms with Crippen LogP contribution in [-0.4, -0.2) is 24.2 Å². The van der Waals surface area contributed by atoms with Crippen molar-refractivity contribution in [2.24, 2.45) is 0 Å². The highest BCUT2D eigenvalue weighted by Gasteiger charge is 2.03. The van der Waals surface area contributed by atoms with E-state index in [0.717, 1.165) is 24.6 Å². The quantitative estimate of drug-likeness (QED) is 0.722. The summed E-state index contributed by atoms with van der Waals surface area (Å²) < 4.78 is 5.20. The molecule has 0 fully saturated rings. The largest absolute Gasteiger partial charge is 0.469 e. The molecule has 0 aliphatic heterocycles. The highest BCUT2D eigenvalue weighted by atomic mass is 32.1. The summed E-state index contributed by atoms with van der Waals surface area (Å²) in [5, 5.41) is 0. The Morgan fingerprint density at radius 2 is 2.33 bits per heavy atom. The number of rotatable bonds is 4. The molecule has 0 atom stereocenters. The number of hydrogen-bond acceptors (Lipinski definition) is 3. The Morgan fingerprint density at radius 3 is 2.83 bits per heavy atom. The van der Waals surface area contributed by atoms with E-state index >= 15 is 0 Å². The van der Waals surface area contributed by atoms with Gasteiger partial charge in [-0.1, -0.05) is 0 Å². The number of thiol groups is 1. The van der Waals surface area contributed by atoms with Crippen LogP contribution in [0.15, 0.2) is 16.7 Å². The van der Waals surface area contributed by atoms with Crippen molar-refractivity contribution in [2.45, 2.75) is 13.5 Å². The van der Waals surface area contributed by atoms with Crippen LogP contribution < -0.4 is 0 Å². The fourth-order valence-electron chi connectivity index (χ4n) is 1.12. The van der Waals surface area contributed by atoms with Crippen molar-refractivity contribution in [3.8, 4) is 0 Å². The lowest BCUT2D eigenvalue weighted by atomic mass is 10.2. The molecule has 1 heterocycles. The van der Waals surface area contributed by atoms with Gasteiger partial charge in [-0.05, 0) is 20.0 Å². The van der Waals surface area contributed by atoms with Crippen LogP contribution in [0.2, 0.25) is 0 Å². The van der Waals surface area contributed by atoms with Crippen LogP contribution in [-0.2, 0) is 6.54 Å². The predicted molar refractivity (Wildman–Crippen MR) is 53.6 cm³/mol. The molecule has 0 aliphatic carbocycles. The van der Waals surface area contributed by atoms with Gasteiger partial charge in [0.05, 0.1) is 6.26 Å². The van der Waals surface area contributed by atoms with Gasteiger partial charge >= 0.3 is 0 Å². The lowest BCUT2D eigenvalue weighted by Crippen LogP contribution is -2.20. The van der Waals surface area contributed by atoms with E-state index in [9.17, 15) is 0 Å². The molecule has 0 amide bonds. The average molecular weight is 185 g/mol. The van der Waals surface area contributed by atoms with Crippen molar-refractivity contribution < 1.29 is 4.42 Å². The third-order valence-electron chi connectivity index (χ3n) is 1.89. The standard InChI is InChI=1S/C9H15NOS/c1-8-9(3-5-11-8)7-10(2)4-6-12/h3,5,12H,4,6-7H2,1-2H3. The van der Waals surface area contributed by atoms with Gasteiger partial charge in [0.2, 0.25) is 0 Å². The minimum Gasteiger partial charge on any atom is -0.469 e.